The van der Waals surface area contributed by atoms with Crippen molar-refractivity contribution in [3.63, 3.8) is 0 Å². The Morgan fingerprint density at radius 2 is 1.39 bits per heavy atom. The second kappa shape index (κ2) is 26.5. The molecule has 71 heavy (non-hydrogen) atoms. The van der Waals surface area contributed by atoms with E-state index in [9.17, 15) is 79.6 Å². The molecule has 412 valence electrons. The minimum atomic E-state index is -5.67. The molecule has 2 aliphatic heterocycles. The van der Waals surface area contributed by atoms with Crippen LogP contribution < -0.4 is 16.0 Å². The fourth-order valence-electron chi connectivity index (χ4n) is 9.07. The third-order valence-electron chi connectivity index (χ3n) is 12.5. The van der Waals surface area contributed by atoms with Crippen LogP contribution in [0.2, 0.25) is 0 Å². The van der Waals surface area contributed by atoms with E-state index in [2.05, 4.69) is 23.2 Å². The summed E-state index contributed by atoms with van der Waals surface area (Å²) in [6, 6.07) is -1.48. The molecule has 0 aromatic carbocycles. The van der Waals surface area contributed by atoms with Crippen molar-refractivity contribution in [1.29, 1.82) is 0 Å². The molecule has 17 atom stereocenters. The summed E-state index contributed by atoms with van der Waals surface area (Å²) < 4.78 is 138. The van der Waals surface area contributed by atoms with Gasteiger partial charge in [-0.25, -0.2) is 17.3 Å². The average Bonchev–Trinajstić information content (AvgIpc) is 3.27. The van der Waals surface area contributed by atoms with Crippen molar-refractivity contribution in [3.05, 3.63) is 0 Å². The molecule has 0 aromatic heterocycles. The second-order valence-electron chi connectivity index (χ2n) is 17.7. The van der Waals surface area contributed by atoms with Crippen LogP contribution in [0.5, 0.6) is 0 Å². The molecule has 3 amide bonds. The highest BCUT2D eigenvalue weighted by Gasteiger charge is 2.53. The predicted molar refractivity (Wildman–Crippen MR) is 232 cm³/mol. The molecule has 33 heteroatoms. The van der Waals surface area contributed by atoms with Gasteiger partial charge in [-0.1, -0.05) is 45.4 Å². The van der Waals surface area contributed by atoms with Gasteiger partial charge in [-0.15, -0.1) is 0 Å². The first kappa shape index (κ1) is 60.6. The molecule has 2 aliphatic carbocycles. The van der Waals surface area contributed by atoms with Gasteiger partial charge < -0.3 is 70.3 Å². The van der Waals surface area contributed by atoms with Crippen LogP contribution in [0, 0.1) is 17.8 Å². The lowest BCUT2D eigenvalue weighted by Gasteiger charge is -2.49. The summed E-state index contributed by atoms with van der Waals surface area (Å²) in [4.78, 5) is 52.3. The topological polar surface area (TPSA) is 463 Å². The van der Waals surface area contributed by atoms with Crippen LogP contribution in [0.3, 0.4) is 0 Å². The van der Waals surface area contributed by atoms with Crippen molar-refractivity contribution in [1.82, 2.24) is 16.0 Å². The van der Waals surface area contributed by atoms with Gasteiger partial charge in [0.15, 0.2) is 24.8 Å². The number of aliphatic hydroxyl groups excluding tert-OH is 5. The lowest BCUT2D eigenvalue weighted by Crippen LogP contribution is -2.67. The van der Waals surface area contributed by atoms with Crippen molar-refractivity contribution in [2.24, 2.45) is 17.8 Å². The standard InChI is InChI=1S/C38H65N3O27S3/c1-4-20-13-21(34(48)39-10-11-40-35(49)32(68-71(58,59)60)25(67-70(55,56)57)16-61-69(52,53)54)14-22(31(20)66-38-30(47)29(46)27(44)17(2)62-38)64-37-26(41-18(3)43)33(28(45)24(15-42)65-37)63-23(36(50)51)12-19-8-6-5-7-9-19/h17,19-33,37-38,42,44-47H,4-16H2,1-3H3,(H,39,48)(H,40,49)(H,41,43)(H,50,51)(H,52,53,54)(H,55,56,57)(H,58,59,60)/t17?,20?,21?,22-,23+,24+,25-,26?,27-,28+,29+,30?,31-,32+,33?,37-,38+/m1/s1. The molecule has 2 heterocycles. The number of ether oxygens (including phenoxy) is 5. The Kier molecular flexibility index (Phi) is 22.7. The number of carboxylic acid groups (broad SMARTS) is 1. The largest absolute Gasteiger partial charge is 0.479 e. The van der Waals surface area contributed by atoms with Crippen molar-refractivity contribution in [2.75, 3.05) is 26.3 Å². The highest BCUT2D eigenvalue weighted by Crippen LogP contribution is 2.40. The summed E-state index contributed by atoms with van der Waals surface area (Å²) >= 11 is 0. The Balaban J connectivity index is 1.61. The molecule has 0 aromatic rings. The second-order valence-corrected chi connectivity index (χ2v) is 20.9. The fourth-order valence-corrected chi connectivity index (χ4v) is 10.3. The number of amides is 3. The first-order chi connectivity index (χ1) is 33.0. The molecule has 6 unspecified atom stereocenters. The van der Waals surface area contributed by atoms with Crippen molar-refractivity contribution in [2.45, 2.75) is 170 Å². The molecule has 2 saturated carbocycles. The molecular formula is C38H65N3O27S3. The van der Waals surface area contributed by atoms with Gasteiger partial charge in [0.1, 0.15) is 48.8 Å². The summed E-state index contributed by atoms with van der Waals surface area (Å²) in [7, 11) is -16.7. The Labute approximate surface area is 409 Å². The van der Waals surface area contributed by atoms with E-state index in [0.717, 1.165) is 39.0 Å². The lowest BCUT2D eigenvalue weighted by molar-refractivity contribution is -0.338. The number of nitrogens with one attached hydrogen (secondary N) is 3. The Morgan fingerprint density at radius 3 is 1.96 bits per heavy atom. The zero-order valence-electron chi connectivity index (χ0n) is 38.7. The molecule has 4 aliphatic rings. The van der Waals surface area contributed by atoms with E-state index in [0.29, 0.717) is 0 Å². The SMILES string of the molecule is CCC1CC(C(=O)NCCNC(=O)[C@@H](OS(=O)(=O)O)[C@@H](COS(=O)(=O)O)OS(=O)(=O)O)C[C@@H](O[C@@H]2O[C@@H](CO)[C@H](O)C(O[C@@H](CC3CCCCC3)C(=O)O)C2NC(C)=O)[C@@H]1O[C@@H]1OC(C)[C@@H](O)[C@H](O)C1O. The highest BCUT2D eigenvalue weighted by atomic mass is 32.3. The predicted octanol–water partition coefficient (Wildman–Crippen LogP) is -4.16. The Morgan fingerprint density at radius 1 is 0.761 bits per heavy atom. The number of hydrogen-bond donors (Lipinski definition) is 12. The van der Waals surface area contributed by atoms with Gasteiger partial charge in [-0.3, -0.25) is 28.0 Å². The number of carbonyl (C=O) groups excluding carboxylic acids is 3. The van der Waals surface area contributed by atoms with E-state index in [1.165, 1.54) is 6.92 Å². The first-order valence-corrected chi connectivity index (χ1v) is 26.7. The first-order valence-electron chi connectivity index (χ1n) is 22.6. The van der Waals surface area contributed by atoms with Crippen LogP contribution in [0.15, 0.2) is 0 Å². The van der Waals surface area contributed by atoms with Gasteiger partial charge in [-0.2, -0.15) is 25.3 Å². The normalized spacial score (nSPS) is 33.6. The number of carbonyl (C=O) groups is 4. The third-order valence-corrected chi connectivity index (χ3v) is 13.9. The third kappa shape index (κ3) is 18.5. The van der Waals surface area contributed by atoms with Crippen LogP contribution in [0.25, 0.3) is 0 Å². The molecule has 2 saturated heterocycles. The molecule has 4 fully saturated rings. The van der Waals surface area contributed by atoms with E-state index in [1.54, 1.807) is 6.92 Å². The number of aliphatic hydroxyl groups is 5. The van der Waals surface area contributed by atoms with Crippen molar-refractivity contribution < 1.29 is 125 Å². The van der Waals surface area contributed by atoms with E-state index >= 15 is 0 Å². The van der Waals surface area contributed by atoms with Crippen molar-refractivity contribution >= 4 is 54.9 Å². The molecule has 30 nitrogen and oxygen atoms in total. The number of carboxylic acids is 1. The van der Waals surface area contributed by atoms with E-state index < -0.39 is 185 Å². The van der Waals surface area contributed by atoms with Crippen LogP contribution >= 0.6 is 0 Å². The number of hydrogen-bond acceptors (Lipinski definition) is 23. The summed E-state index contributed by atoms with van der Waals surface area (Å²) in [6.07, 6.45) is -19.5. The fraction of sp³-hybridized carbons (Fsp3) is 0.895. The minimum Gasteiger partial charge on any atom is -0.479 e. The highest BCUT2D eigenvalue weighted by molar-refractivity contribution is 7.81. The van der Waals surface area contributed by atoms with Gasteiger partial charge in [-0.05, 0) is 38.0 Å². The molecule has 0 radical (unpaired) electrons. The maximum atomic E-state index is 13.9. The number of rotatable bonds is 25. The van der Waals surface area contributed by atoms with Crippen LogP contribution in [-0.4, -0.2) is 211 Å². The average molecular weight is 1090 g/mol. The zero-order valence-corrected chi connectivity index (χ0v) is 41.1. The lowest BCUT2D eigenvalue weighted by atomic mass is 9.75. The smallest absolute Gasteiger partial charge is 0.398 e. The van der Waals surface area contributed by atoms with Crippen LogP contribution in [0.1, 0.15) is 78.6 Å². The van der Waals surface area contributed by atoms with E-state index in [1.807, 2.05) is 5.32 Å². The van der Waals surface area contributed by atoms with Gasteiger partial charge in [0.2, 0.25) is 11.8 Å². The zero-order chi connectivity index (χ0) is 53.2. The molecule has 0 spiro atoms. The monoisotopic (exact) mass is 1090 g/mol. The van der Waals surface area contributed by atoms with Gasteiger partial charge in [0.25, 0.3) is 5.91 Å². The van der Waals surface area contributed by atoms with Crippen LogP contribution in [-0.2, 0) is 86.6 Å². The van der Waals surface area contributed by atoms with Gasteiger partial charge >= 0.3 is 37.2 Å². The Hall–Kier alpha value is -2.91. The quantitative estimate of drug-likeness (QED) is 0.0305. The summed E-state index contributed by atoms with van der Waals surface area (Å²) in [5, 5.41) is 71.1. The molecule has 12 N–H and O–H groups in total. The van der Waals surface area contributed by atoms with E-state index in [4.69, 9.17) is 32.8 Å². The Bertz CT molecular complexity index is 2120. The molecular weight excluding hydrogens is 1030 g/mol. The van der Waals surface area contributed by atoms with Crippen LogP contribution in [0.4, 0.5) is 0 Å². The van der Waals surface area contributed by atoms with Crippen molar-refractivity contribution in [3.8, 4) is 0 Å². The number of aliphatic carboxylic acids is 1. The molecule has 4 rings (SSSR count). The van der Waals surface area contributed by atoms with E-state index in [-0.39, 0.29) is 31.6 Å². The summed E-state index contributed by atoms with van der Waals surface area (Å²) in [6.45, 7) is 0.565. The maximum absolute atomic E-state index is 13.9. The van der Waals surface area contributed by atoms with Gasteiger partial charge in [0, 0.05) is 25.9 Å². The van der Waals surface area contributed by atoms with Gasteiger partial charge in [0.05, 0.1) is 31.5 Å². The summed E-state index contributed by atoms with van der Waals surface area (Å²) in [5.74, 6) is -6.19. The maximum Gasteiger partial charge on any atom is 0.398 e. The minimum absolute atomic E-state index is 0.00127. The summed E-state index contributed by atoms with van der Waals surface area (Å²) in [5.41, 5.74) is 0. The molecule has 0 bridgehead atoms.